The van der Waals surface area contributed by atoms with E-state index in [1.54, 1.807) is 0 Å². The van der Waals surface area contributed by atoms with Crippen molar-refractivity contribution in [2.45, 2.75) is 6.42 Å². The normalized spacial score (nSPS) is 10.0. The van der Waals surface area contributed by atoms with Crippen LogP contribution in [0.4, 0.5) is 0 Å². The molecule has 0 spiro atoms. The molecule has 0 aliphatic carbocycles. The largest absolute Gasteiger partial charge is 0.198 e. The summed E-state index contributed by atoms with van der Waals surface area (Å²) in [5, 5.41) is 11.5. The zero-order chi connectivity index (χ0) is 9.97. The minimum Gasteiger partial charge on any atom is -0.198 e. The maximum Gasteiger partial charge on any atom is 0.0669 e. The third kappa shape index (κ3) is 1.45. The Kier molecular flexibility index (Phi) is 2.39. The minimum atomic E-state index is 0.428. The van der Waals surface area contributed by atoms with E-state index in [1.165, 1.54) is 0 Å². The topological polar surface area (TPSA) is 23.8 Å². The summed E-state index contributed by atoms with van der Waals surface area (Å²) in [5.74, 6) is 0. The van der Waals surface area contributed by atoms with Crippen molar-refractivity contribution in [2.75, 3.05) is 0 Å². The minimum absolute atomic E-state index is 0.428. The van der Waals surface area contributed by atoms with Crippen LogP contribution in [0.5, 0.6) is 0 Å². The van der Waals surface area contributed by atoms with Gasteiger partial charge < -0.3 is 0 Å². The summed E-state index contributed by atoms with van der Waals surface area (Å²) < 4.78 is 0. The molecule has 68 valence electrons. The van der Waals surface area contributed by atoms with Crippen molar-refractivity contribution in [3.8, 4) is 6.07 Å². The highest BCUT2D eigenvalue weighted by Crippen LogP contribution is 2.26. The Morgan fingerprint density at radius 3 is 2.50 bits per heavy atom. The van der Waals surface area contributed by atoms with E-state index in [0.717, 1.165) is 21.4 Å². The second kappa shape index (κ2) is 3.69. The Bertz CT molecular complexity index is 511. The van der Waals surface area contributed by atoms with Gasteiger partial charge >= 0.3 is 0 Å². The summed E-state index contributed by atoms with van der Waals surface area (Å²) in [6.07, 6.45) is 0.428. The van der Waals surface area contributed by atoms with Gasteiger partial charge in [0.2, 0.25) is 0 Å². The van der Waals surface area contributed by atoms with Gasteiger partial charge in [0, 0.05) is 10.4 Å². The molecule has 0 unspecified atom stereocenters. The van der Waals surface area contributed by atoms with Crippen molar-refractivity contribution in [1.29, 1.82) is 5.26 Å². The van der Waals surface area contributed by atoms with E-state index in [-0.39, 0.29) is 0 Å². The van der Waals surface area contributed by atoms with E-state index >= 15 is 0 Å². The molecule has 0 aromatic heterocycles. The van der Waals surface area contributed by atoms with Gasteiger partial charge in [0.15, 0.2) is 0 Å². The lowest BCUT2D eigenvalue weighted by molar-refractivity contribution is 1.29. The zero-order valence-corrected chi connectivity index (χ0v) is 8.25. The average Bonchev–Trinajstić information content (AvgIpc) is 2.23. The maximum atomic E-state index is 8.67. The third-order valence-corrected chi connectivity index (χ3v) is 2.56. The SMILES string of the molecule is N#CCc1ccc(Cl)c2ccccc12. The Hall–Kier alpha value is -1.52. The lowest BCUT2D eigenvalue weighted by Crippen LogP contribution is -1.84. The first kappa shape index (κ1) is 9.05. The summed E-state index contributed by atoms with van der Waals surface area (Å²) in [6, 6.07) is 13.8. The quantitative estimate of drug-likeness (QED) is 0.692. The fraction of sp³-hybridized carbons (Fsp3) is 0.0833. The van der Waals surface area contributed by atoms with Crippen molar-refractivity contribution in [3.63, 3.8) is 0 Å². The van der Waals surface area contributed by atoms with Crippen LogP contribution in [0.15, 0.2) is 36.4 Å². The van der Waals surface area contributed by atoms with Crippen molar-refractivity contribution in [2.24, 2.45) is 0 Å². The van der Waals surface area contributed by atoms with Crippen molar-refractivity contribution < 1.29 is 0 Å². The van der Waals surface area contributed by atoms with Gasteiger partial charge in [-0.1, -0.05) is 41.9 Å². The van der Waals surface area contributed by atoms with Gasteiger partial charge in [-0.15, -0.1) is 0 Å². The number of hydrogen-bond acceptors (Lipinski definition) is 1. The Morgan fingerprint density at radius 2 is 1.79 bits per heavy atom. The molecule has 0 fully saturated rings. The molecule has 0 atom stereocenters. The van der Waals surface area contributed by atoms with Gasteiger partial charge in [0.25, 0.3) is 0 Å². The van der Waals surface area contributed by atoms with Gasteiger partial charge in [0.1, 0.15) is 0 Å². The number of nitriles is 1. The highest BCUT2D eigenvalue weighted by Gasteiger charge is 2.02. The third-order valence-electron chi connectivity index (χ3n) is 2.23. The first-order chi connectivity index (χ1) is 6.83. The summed E-state index contributed by atoms with van der Waals surface area (Å²) in [6.45, 7) is 0. The van der Waals surface area contributed by atoms with E-state index in [9.17, 15) is 0 Å². The molecule has 0 heterocycles. The number of benzene rings is 2. The standard InChI is InChI=1S/C12H8ClN/c13-12-6-5-9(7-8-14)10-3-1-2-4-11(10)12/h1-6H,7H2. The van der Waals surface area contributed by atoms with Gasteiger partial charge in [-0.2, -0.15) is 5.26 Å². The van der Waals surface area contributed by atoms with E-state index < -0.39 is 0 Å². The molecule has 0 aliphatic heterocycles. The van der Waals surface area contributed by atoms with Crippen molar-refractivity contribution >= 4 is 22.4 Å². The molecule has 1 nitrogen and oxygen atoms in total. The summed E-state index contributed by atoms with van der Waals surface area (Å²) in [5.41, 5.74) is 1.03. The van der Waals surface area contributed by atoms with Gasteiger partial charge in [0.05, 0.1) is 12.5 Å². The lowest BCUT2D eigenvalue weighted by atomic mass is 10.0. The Labute approximate surface area is 87.5 Å². The first-order valence-corrected chi connectivity index (χ1v) is 4.74. The average molecular weight is 202 g/mol. The van der Waals surface area contributed by atoms with Crippen LogP contribution in [-0.4, -0.2) is 0 Å². The van der Waals surface area contributed by atoms with E-state index in [1.807, 2.05) is 36.4 Å². The predicted octanol–water partition coefficient (Wildman–Crippen LogP) is 3.56. The van der Waals surface area contributed by atoms with Crippen LogP contribution < -0.4 is 0 Å². The van der Waals surface area contributed by atoms with E-state index in [2.05, 4.69) is 6.07 Å². The molecule has 2 heteroatoms. The van der Waals surface area contributed by atoms with Gasteiger partial charge in [-0.05, 0) is 17.0 Å². The monoisotopic (exact) mass is 201 g/mol. The second-order valence-electron chi connectivity index (χ2n) is 3.09. The molecule has 2 aromatic carbocycles. The van der Waals surface area contributed by atoms with E-state index in [4.69, 9.17) is 16.9 Å². The molecular weight excluding hydrogens is 194 g/mol. The molecule has 0 saturated carbocycles. The van der Waals surface area contributed by atoms with Crippen molar-refractivity contribution in [1.82, 2.24) is 0 Å². The molecule has 2 aromatic rings. The summed E-state index contributed by atoms with van der Waals surface area (Å²) >= 11 is 6.05. The smallest absolute Gasteiger partial charge is 0.0669 e. The van der Waals surface area contributed by atoms with Gasteiger partial charge in [-0.25, -0.2) is 0 Å². The number of hydrogen-bond donors (Lipinski definition) is 0. The lowest BCUT2D eigenvalue weighted by Gasteiger charge is -2.04. The van der Waals surface area contributed by atoms with E-state index in [0.29, 0.717) is 6.42 Å². The molecule has 0 bridgehead atoms. The fourth-order valence-electron chi connectivity index (χ4n) is 1.56. The zero-order valence-electron chi connectivity index (χ0n) is 7.50. The summed E-state index contributed by atoms with van der Waals surface area (Å²) in [4.78, 5) is 0. The number of fused-ring (bicyclic) bond motifs is 1. The van der Waals surface area contributed by atoms with Crippen LogP contribution in [0.3, 0.4) is 0 Å². The van der Waals surface area contributed by atoms with Crippen LogP contribution in [-0.2, 0) is 6.42 Å². The molecule has 0 radical (unpaired) electrons. The van der Waals surface area contributed by atoms with Crippen LogP contribution >= 0.6 is 11.6 Å². The van der Waals surface area contributed by atoms with Crippen LogP contribution in [0.2, 0.25) is 5.02 Å². The van der Waals surface area contributed by atoms with Crippen LogP contribution in [0.1, 0.15) is 5.56 Å². The molecule has 0 amide bonds. The van der Waals surface area contributed by atoms with Gasteiger partial charge in [-0.3, -0.25) is 0 Å². The Morgan fingerprint density at radius 1 is 1.07 bits per heavy atom. The molecule has 0 aliphatic rings. The molecule has 2 rings (SSSR count). The highest BCUT2D eigenvalue weighted by atomic mass is 35.5. The molecule has 0 saturated heterocycles. The summed E-state index contributed by atoms with van der Waals surface area (Å²) in [7, 11) is 0. The maximum absolute atomic E-state index is 8.67. The molecule has 14 heavy (non-hydrogen) atoms. The van der Waals surface area contributed by atoms with Crippen LogP contribution in [0.25, 0.3) is 10.8 Å². The molecular formula is C12H8ClN. The number of nitrogens with zero attached hydrogens (tertiary/aromatic N) is 1. The predicted molar refractivity (Wildman–Crippen MR) is 58.3 cm³/mol. The second-order valence-corrected chi connectivity index (χ2v) is 3.49. The fourth-order valence-corrected chi connectivity index (χ4v) is 1.79. The number of halogens is 1. The van der Waals surface area contributed by atoms with Crippen LogP contribution in [0, 0.1) is 11.3 Å². The first-order valence-electron chi connectivity index (χ1n) is 4.36. The molecule has 0 N–H and O–H groups in total. The highest BCUT2D eigenvalue weighted by molar-refractivity contribution is 6.35. The number of rotatable bonds is 1. The van der Waals surface area contributed by atoms with Crippen molar-refractivity contribution in [3.05, 3.63) is 47.0 Å². The Balaban J connectivity index is 2.76.